The van der Waals surface area contributed by atoms with E-state index in [0.717, 1.165) is 20.9 Å². The Hall–Kier alpha value is -1.32. The molecule has 0 fully saturated rings. The number of aliphatic hydroxyl groups excluding tert-OH is 1. The Bertz CT molecular complexity index is 508. The van der Waals surface area contributed by atoms with Gasteiger partial charge >= 0.3 is 0 Å². The molecule has 0 unspecified atom stereocenters. The quantitative estimate of drug-likeness (QED) is 0.892. The van der Waals surface area contributed by atoms with Crippen LogP contribution in [0.4, 0.5) is 4.39 Å². The fourth-order valence-corrected chi connectivity index (χ4v) is 2.44. The zero-order chi connectivity index (χ0) is 12.3. The summed E-state index contributed by atoms with van der Waals surface area (Å²) in [5.41, 5.74) is 2.02. The van der Waals surface area contributed by atoms with E-state index in [1.165, 1.54) is 12.1 Å². The predicted octanol–water partition coefficient (Wildman–Crippen LogP) is 3.78. The van der Waals surface area contributed by atoms with Crippen LogP contribution in [-0.2, 0) is 6.61 Å². The van der Waals surface area contributed by atoms with Crippen LogP contribution < -0.4 is 0 Å². The Balaban J connectivity index is 2.21. The van der Waals surface area contributed by atoms with E-state index in [1.54, 1.807) is 23.9 Å². The maximum atomic E-state index is 12.8. The second kappa shape index (κ2) is 5.34. The zero-order valence-corrected chi connectivity index (χ0v) is 10.3. The minimum absolute atomic E-state index is 0.0579. The second-order valence-corrected chi connectivity index (χ2v) is 4.93. The highest BCUT2D eigenvalue weighted by atomic mass is 32.2. The van der Waals surface area contributed by atoms with E-state index in [9.17, 15) is 4.39 Å². The van der Waals surface area contributed by atoms with Crippen molar-refractivity contribution in [2.75, 3.05) is 0 Å². The van der Waals surface area contributed by atoms with E-state index in [-0.39, 0.29) is 12.4 Å². The highest BCUT2D eigenvalue weighted by Crippen LogP contribution is 2.30. The molecule has 88 valence electrons. The molecule has 0 aromatic heterocycles. The standard InChI is InChI=1S/C14H13FOS/c1-10-8-11(9-16)2-7-14(10)17-13-5-3-12(15)4-6-13/h2-8,16H,9H2,1H3. The maximum absolute atomic E-state index is 12.8. The number of aryl methyl sites for hydroxylation is 1. The molecule has 0 spiro atoms. The lowest BCUT2D eigenvalue weighted by Crippen LogP contribution is -1.86. The van der Waals surface area contributed by atoms with Crippen molar-refractivity contribution < 1.29 is 9.50 Å². The Morgan fingerprint density at radius 2 is 1.82 bits per heavy atom. The Morgan fingerprint density at radius 3 is 2.41 bits per heavy atom. The van der Waals surface area contributed by atoms with Gasteiger partial charge < -0.3 is 5.11 Å². The fraction of sp³-hybridized carbons (Fsp3) is 0.143. The smallest absolute Gasteiger partial charge is 0.123 e. The Morgan fingerprint density at radius 1 is 1.12 bits per heavy atom. The molecule has 0 aliphatic carbocycles. The topological polar surface area (TPSA) is 20.2 Å². The summed E-state index contributed by atoms with van der Waals surface area (Å²) < 4.78 is 12.8. The molecule has 0 saturated heterocycles. The zero-order valence-electron chi connectivity index (χ0n) is 9.48. The van der Waals surface area contributed by atoms with E-state index >= 15 is 0 Å². The molecule has 1 nitrogen and oxygen atoms in total. The molecule has 3 heteroatoms. The molecule has 2 rings (SSSR count). The van der Waals surface area contributed by atoms with E-state index < -0.39 is 0 Å². The molecule has 0 saturated carbocycles. The minimum atomic E-state index is -0.221. The number of hydrogen-bond acceptors (Lipinski definition) is 2. The third-order valence-electron chi connectivity index (χ3n) is 2.46. The first kappa shape index (κ1) is 12.1. The summed E-state index contributed by atoms with van der Waals surface area (Å²) >= 11 is 1.59. The molecule has 0 aliphatic heterocycles. The van der Waals surface area contributed by atoms with Gasteiger partial charge in [-0.2, -0.15) is 0 Å². The molecule has 0 amide bonds. The maximum Gasteiger partial charge on any atom is 0.123 e. The summed E-state index contributed by atoms with van der Waals surface area (Å²) in [7, 11) is 0. The molecule has 0 radical (unpaired) electrons. The van der Waals surface area contributed by atoms with Crippen LogP contribution in [0.15, 0.2) is 52.3 Å². The third kappa shape index (κ3) is 3.08. The van der Waals surface area contributed by atoms with Gasteiger partial charge in [0.05, 0.1) is 6.61 Å². The number of halogens is 1. The van der Waals surface area contributed by atoms with Crippen LogP contribution in [0.5, 0.6) is 0 Å². The minimum Gasteiger partial charge on any atom is -0.392 e. The number of hydrogen-bond donors (Lipinski definition) is 1. The molecule has 0 heterocycles. The first-order valence-corrected chi connectivity index (χ1v) is 6.14. The summed E-state index contributed by atoms with van der Waals surface area (Å²) in [5.74, 6) is -0.221. The lowest BCUT2D eigenvalue weighted by atomic mass is 10.1. The average molecular weight is 248 g/mol. The van der Waals surface area contributed by atoms with Crippen molar-refractivity contribution in [3.05, 3.63) is 59.4 Å². The number of rotatable bonds is 3. The summed E-state index contributed by atoms with van der Waals surface area (Å²) in [6.07, 6.45) is 0. The summed E-state index contributed by atoms with van der Waals surface area (Å²) in [6, 6.07) is 12.3. The van der Waals surface area contributed by atoms with Crippen molar-refractivity contribution in [2.24, 2.45) is 0 Å². The molecular weight excluding hydrogens is 235 g/mol. The summed E-state index contributed by atoms with van der Waals surface area (Å²) in [4.78, 5) is 2.13. The lowest BCUT2D eigenvalue weighted by molar-refractivity contribution is 0.281. The van der Waals surface area contributed by atoms with E-state index in [4.69, 9.17) is 5.11 Å². The van der Waals surface area contributed by atoms with Crippen molar-refractivity contribution in [2.45, 2.75) is 23.3 Å². The molecule has 2 aromatic carbocycles. The largest absolute Gasteiger partial charge is 0.392 e. The highest BCUT2D eigenvalue weighted by Gasteiger charge is 2.02. The van der Waals surface area contributed by atoms with Crippen molar-refractivity contribution in [1.82, 2.24) is 0 Å². The molecule has 17 heavy (non-hydrogen) atoms. The van der Waals surface area contributed by atoms with Crippen molar-refractivity contribution >= 4 is 11.8 Å². The van der Waals surface area contributed by atoms with Crippen LogP contribution in [0.25, 0.3) is 0 Å². The first-order valence-electron chi connectivity index (χ1n) is 5.33. The van der Waals surface area contributed by atoms with Gasteiger partial charge in [-0.15, -0.1) is 0 Å². The van der Waals surface area contributed by atoms with Gasteiger partial charge in [0.15, 0.2) is 0 Å². The Labute approximate surface area is 104 Å². The predicted molar refractivity (Wildman–Crippen MR) is 67.6 cm³/mol. The van der Waals surface area contributed by atoms with Gasteiger partial charge in [0.2, 0.25) is 0 Å². The van der Waals surface area contributed by atoms with Crippen LogP contribution >= 0.6 is 11.8 Å². The lowest BCUT2D eigenvalue weighted by Gasteiger charge is -2.07. The van der Waals surface area contributed by atoms with Crippen molar-refractivity contribution in [3.63, 3.8) is 0 Å². The van der Waals surface area contributed by atoms with Gasteiger partial charge in [-0.3, -0.25) is 0 Å². The SMILES string of the molecule is Cc1cc(CO)ccc1Sc1ccc(F)cc1. The summed E-state index contributed by atoms with van der Waals surface area (Å²) in [6.45, 7) is 2.06. The molecule has 1 N–H and O–H groups in total. The van der Waals surface area contributed by atoms with E-state index in [2.05, 4.69) is 0 Å². The normalized spacial score (nSPS) is 10.5. The molecule has 2 aromatic rings. The van der Waals surface area contributed by atoms with Gasteiger partial charge in [-0.05, 0) is 48.4 Å². The van der Waals surface area contributed by atoms with Crippen molar-refractivity contribution in [3.8, 4) is 0 Å². The van der Waals surface area contributed by atoms with Crippen LogP contribution in [0.2, 0.25) is 0 Å². The van der Waals surface area contributed by atoms with Crippen LogP contribution in [0, 0.1) is 12.7 Å². The van der Waals surface area contributed by atoms with E-state index in [0.29, 0.717) is 0 Å². The van der Waals surface area contributed by atoms with Crippen LogP contribution in [-0.4, -0.2) is 5.11 Å². The highest BCUT2D eigenvalue weighted by molar-refractivity contribution is 7.99. The molecule has 0 aliphatic rings. The molecule has 0 atom stereocenters. The van der Waals surface area contributed by atoms with Crippen LogP contribution in [0.3, 0.4) is 0 Å². The van der Waals surface area contributed by atoms with Gasteiger partial charge in [0.25, 0.3) is 0 Å². The van der Waals surface area contributed by atoms with Gasteiger partial charge in [-0.25, -0.2) is 4.39 Å². The average Bonchev–Trinajstić information content (AvgIpc) is 2.34. The summed E-state index contributed by atoms with van der Waals surface area (Å²) in [5, 5.41) is 9.02. The first-order chi connectivity index (χ1) is 8.19. The molecule has 0 bridgehead atoms. The third-order valence-corrected chi connectivity index (χ3v) is 3.65. The Kier molecular flexibility index (Phi) is 3.82. The van der Waals surface area contributed by atoms with E-state index in [1.807, 2.05) is 25.1 Å². The number of benzene rings is 2. The molecular formula is C14H13FOS. The van der Waals surface area contributed by atoms with Crippen molar-refractivity contribution in [1.29, 1.82) is 0 Å². The number of aliphatic hydroxyl groups is 1. The van der Waals surface area contributed by atoms with Gasteiger partial charge in [0.1, 0.15) is 5.82 Å². The van der Waals surface area contributed by atoms with Crippen LogP contribution in [0.1, 0.15) is 11.1 Å². The fourth-order valence-electron chi connectivity index (χ4n) is 1.55. The second-order valence-electron chi connectivity index (χ2n) is 3.81. The van der Waals surface area contributed by atoms with Gasteiger partial charge in [-0.1, -0.05) is 23.9 Å². The monoisotopic (exact) mass is 248 g/mol. The van der Waals surface area contributed by atoms with Gasteiger partial charge in [0, 0.05) is 9.79 Å².